The summed E-state index contributed by atoms with van der Waals surface area (Å²) in [7, 11) is 1.68. The second-order valence-corrected chi connectivity index (χ2v) is 6.78. The van der Waals surface area contributed by atoms with Crippen molar-refractivity contribution in [3.8, 4) is 0 Å². The van der Waals surface area contributed by atoms with Gasteiger partial charge in [0.05, 0.1) is 6.04 Å². The van der Waals surface area contributed by atoms with Crippen LogP contribution in [0.1, 0.15) is 26.3 Å². The summed E-state index contributed by atoms with van der Waals surface area (Å²) in [6.45, 7) is 7.24. The van der Waals surface area contributed by atoms with Crippen LogP contribution in [-0.2, 0) is 11.3 Å². The zero-order valence-corrected chi connectivity index (χ0v) is 14.6. The minimum absolute atomic E-state index is 0.136. The number of likely N-dealkylation sites (tertiary alicyclic amines) is 1. The number of rotatable bonds is 3. The molecule has 1 aliphatic heterocycles. The average molecular weight is 336 g/mol. The molecule has 0 unspecified atom stereocenters. The summed E-state index contributed by atoms with van der Waals surface area (Å²) in [5.74, 6) is 0.395. The van der Waals surface area contributed by atoms with Crippen LogP contribution >= 0.6 is 0 Å². The molecule has 1 amide bonds. The van der Waals surface area contributed by atoms with E-state index in [-0.39, 0.29) is 18.0 Å². The lowest BCUT2D eigenvalue weighted by atomic mass is 10.1. The van der Waals surface area contributed by atoms with Crippen LogP contribution in [0.25, 0.3) is 0 Å². The lowest BCUT2D eigenvalue weighted by Gasteiger charge is -2.40. The fourth-order valence-electron chi connectivity index (χ4n) is 2.22. The molecule has 1 heterocycles. The van der Waals surface area contributed by atoms with Gasteiger partial charge in [0.1, 0.15) is 11.4 Å². The van der Waals surface area contributed by atoms with Crippen molar-refractivity contribution < 1.29 is 13.9 Å². The SMILES string of the molecule is CN=C(NCc1ccc(F)cc1)NC1CN(C(=O)OC(C)(C)C)C1. The van der Waals surface area contributed by atoms with E-state index in [2.05, 4.69) is 15.6 Å². The third-order valence-corrected chi connectivity index (χ3v) is 3.47. The highest BCUT2D eigenvalue weighted by atomic mass is 19.1. The van der Waals surface area contributed by atoms with Gasteiger partial charge in [-0.2, -0.15) is 0 Å². The number of nitrogens with one attached hydrogen (secondary N) is 2. The third-order valence-electron chi connectivity index (χ3n) is 3.47. The standard InChI is InChI=1S/C17H25FN4O2/c1-17(2,3)24-16(23)22-10-14(11-22)21-15(19-4)20-9-12-5-7-13(18)8-6-12/h5-8,14H,9-11H2,1-4H3,(H2,19,20,21). The zero-order chi connectivity index (χ0) is 17.7. The average Bonchev–Trinajstić information content (AvgIpc) is 2.45. The number of aliphatic imine (C=N–C) groups is 1. The fourth-order valence-corrected chi connectivity index (χ4v) is 2.22. The maximum absolute atomic E-state index is 12.9. The molecule has 0 aromatic heterocycles. The molecule has 0 radical (unpaired) electrons. The Morgan fingerprint density at radius 1 is 1.33 bits per heavy atom. The Kier molecular flexibility index (Phi) is 5.64. The van der Waals surface area contributed by atoms with Crippen molar-refractivity contribution in [1.82, 2.24) is 15.5 Å². The number of amides is 1. The molecule has 1 aromatic rings. The van der Waals surface area contributed by atoms with E-state index in [4.69, 9.17) is 4.74 Å². The van der Waals surface area contributed by atoms with E-state index in [1.165, 1.54) is 12.1 Å². The molecule has 0 spiro atoms. The van der Waals surface area contributed by atoms with Gasteiger partial charge in [0.15, 0.2) is 5.96 Å². The highest BCUT2D eigenvalue weighted by molar-refractivity contribution is 5.80. The summed E-state index contributed by atoms with van der Waals surface area (Å²) in [5.41, 5.74) is 0.478. The number of ether oxygens (including phenoxy) is 1. The van der Waals surface area contributed by atoms with Crippen LogP contribution in [0.4, 0.5) is 9.18 Å². The molecule has 0 aliphatic carbocycles. The first-order valence-corrected chi connectivity index (χ1v) is 7.96. The number of carbonyl (C=O) groups is 1. The maximum atomic E-state index is 12.9. The van der Waals surface area contributed by atoms with Crippen LogP contribution in [-0.4, -0.2) is 48.7 Å². The Balaban J connectivity index is 1.73. The van der Waals surface area contributed by atoms with Crippen LogP contribution in [0.3, 0.4) is 0 Å². The summed E-state index contributed by atoms with van der Waals surface area (Å²) in [6, 6.07) is 6.44. The van der Waals surface area contributed by atoms with Crippen LogP contribution in [0.2, 0.25) is 0 Å². The van der Waals surface area contributed by atoms with Crippen LogP contribution in [0, 0.1) is 5.82 Å². The molecule has 132 valence electrons. The van der Waals surface area contributed by atoms with E-state index in [1.54, 1.807) is 24.1 Å². The predicted molar refractivity (Wildman–Crippen MR) is 91.3 cm³/mol. The second kappa shape index (κ2) is 7.51. The topological polar surface area (TPSA) is 66.0 Å². The molecule has 1 saturated heterocycles. The third kappa shape index (κ3) is 5.40. The van der Waals surface area contributed by atoms with Gasteiger partial charge in [-0.15, -0.1) is 0 Å². The zero-order valence-electron chi connectivity index (χ0n) is 14.6. The van der Waals surface area contributed by atoms with Gasteiger partial charge >= 0.3 is 6.09 Å². The molecular formula is C17H25FN4O2. The highest BCUT2D eigenvalue weighted by Crippen LogP contribution is 2.15. The molecule has 1 aromatic carbocycles. The van der Waals surface area contributed by atoms with Crippen LogP contribution in [0.5, 0.6) is 0 Å². The fraction of sp³-hybridized carbons (Fsp3) is 0.529. The molecule has 7 heteroatoms. The molecule has 24 heavy (non-hydrogen) atoms. The lowest BCUT2D eigenvalue weighted by Crippen LogP contribution is -2.63. The number of hydrogen-bond donors (Lipinski definition) is 2. The Morgan fingerprint density at radius 3 is 2.50 bits per heavy atom. The highest BCUT2D eigenvalue weighted by Gasteiger charge is 2.34. The van der Waals surface area contributed by atoms with Gasteiger partial charge in [-0.1, -0.05) is 12.1 Å². The number of nitrogens with zero attached hydrogens (tertiary/aromatic N) is 2. The first kappa shape index (κ1) is 18.0. The molecule has 2 rings (SSSR count). The molecule has 0 atom stereocenters. The first-order chi connectivity index (χ1) is 11.3. The van der Waals surface area contributed by atoms with Gasteiger partial charge in [0.25, 0.3) is 0 Å². The molecule has 0 bridgehead atoms. The largest absolute Gasteiger partial charge is 0.444 e. The van der Waals surface area contributed by atoms with Crippen molar-refractivity contribution in [3.05, 3.63) is 35.6 Å². The summed E-state index contributed by atoms with van der Waals surface area (Å²) in [4.78, 5) is 17.7. The number of hydrogen-bond acceptors (Lipinski definition) is 3. The molecule has 1 fully saturated rings. The molecular weight excluding hydrogens is 311 g/mol. The maximum Gasteiger partial charge on any atom is 0.410 e. The van der Waals surface area contributed by atoms with E-state index in [9.17, 15) is 9.18 Å². The van der Waals surface area contributed by atoms with Crippen molar-refractivity contribution >= 4 is 12.1 Å². The Hall–Kier alpha value is -2.31. The molecule has 0 saturated carbocycles. The summed E-state index contributed by atoms with van der Waals surface area (Å²) < 4.78 is 18.2. The van der Waals surface area contributed by atoms with Crippen molar-refractivity contribution in [2.75, 3.05) is 20.1 Å². The van der Waals surface area contributed by atoms with Crippen molar-refractivity contribution in [2.24, 2.45) is 4.99 Å². The number of halogens is 1. The summed E-state index contributed by atoms with van der Waals surface area (Å²) in [6.07, 6.45) is -0.296. The summed E-state index contributed by atoms with van der Waals surface area (Å²) in [5, 5.41) is 6.42. The van der Waals surface area contributed by atoms with Gasteiger partial charge in [0.2, 0.25) is 0 Å². The monoisotopic (exact) mass is 336 g/mol. The smallest absolute Gasteiger partial charge is 0.410 e. The summed E-state index contributed by atoms with van der Waals surface area (Å²) >= 11 is 0. The quantitative estimate of drug-likeness (QED) is 0.655. The van der Waals surface area contributed by atoms with Crippen LogP contribution in [0.15, 0.2) is 29.3 Å². The first-order valence-electron chi connectivity index (χ1n) is 7.96. The van der Waals surface area contributed by atoms with Gasteiger partial charge in [0, 0.05) is 26.7 Å². The number of guanidine groups is 1. The van der Waals surface area contributed by atoms with Crippen molar-refractivity contribution in [3.63, 3.8) is 0 Å². The van der Waals surface area contributed by atoms with Crippen LogP contribution < -0.4 is 10.6 Å². The molecule has 1 aliphatic rings. The van der Waals surface area contributed by atoms with E-state index in [0.29, 0.717) is 25.6 Å². The number of benzene rings is 1. The van der Waals surface area contributed by atoms with Gasteiger partial charge in [-0.05, 0) is 38.5 Å². The van der Waals surface area contributed by atoms with E-state index in [1.807, 2.05) is 20.8 Å². The normalized spacial score (nSPS) is 15.7. The van der Waals surface area contributed by atoms with E-state index >= 15 is 0 Å². The minimum Gasteiger partial charge on any atom is -0.444 e. The Bertz CT molecular complexity index is 590. The Morgan fingerprint density at radius 2 is 1.96 bits per heavy atom. The molecule has 2 N–H and O–H groups in total. The van der Waals surface area contributed by atoms with Gasteiger partial charge in [-0.3, -0.25) is 4.99 Å². The Labute approximate surface area is 142 Å². The van der Waals surface area contributed by atoms with Crippen molar-refractivity contribution in [2.45, 2.75) is 39.0 Å². The van der Waals surface area contributed by atoms with Gasteiger partial charge < -0.3 is 20.3 Å². The minimum atomic E-state index is -0.484. The van der Waals surface area contributed by atoms with E-state index in [0.717, 1.165) is 5.56 Å². The second-order valence-electron chi connectivity index (χ2n) is 6.78. The lowest BCUT2D eigenvalue weighted by molar-refractivity contribution is 0.00701. The van der Waals surface area contributed by atoms with Gasteiger partial charge in [-0.25, -0.2) is 9.18 Å². The van der Waals surface area contributed by atoms with Crippen molar-refractivity contribution in [1.29, 1.82) is 0 Å². The predicted octanol–water partition coefficient (Wildman–Crippen LogP) is 2.11. The number of carbonyl (C=O) groups excluding carboxylic acids is 1. The molecule has 6 nitrogen and oxygen atoms in total. The van der Waals surface area contributed by atoms with E-state index < -0.39 is 5.60 Å².